The number of hydrogen-bond acceptors (Lipinski definition) is 4. The van der Waals surface area contributed by atoms with Gasteiger partial charge in [0.2, 0.25) is 0 Å². The van der Waals surface area contributed by atoms with Crippen LogP contribution in [0.5, 0.6) is 0 Å². The first-order chi connectivity index (χ1) is 13.1. The molecule has 6 nitrogen and oxygen atoms in total. The SMILES string of the molecule is CN=C(NCCOC1CCCCCC1)NCC(C(C)C)N1CCN(C)CC1. The summed E-state index contributed by atoms with van der Waals surface area (Å²) in [5.74, 6) is 1.51. The van der Waals surface area contributed by atoms with Crippen molar-refractivity contribution in [2.45, 2.75) is 64.5 Å². The molecule has 0 aromatic heterocycles. The van der Waals surface area contributed by atoms with Gasteiger partial charge in [0.1, 0.15) is 0 Å². The fourth-order valence-corrected chi connectivity index (χ4v) is 4.17. The van der Waals surface area contributed by atoms with Gasteiger partial charge in [-0.2, -0.15) is 0 Å². The van der Waals surface area contributed by atoms with Gasteiger partial charge in [0.25, 0.3) is 0 Å². The summed E-state index contributed by atoms with van der Waals surface area (Å²) in [5, 5.41) is 6.95. The van der Waals surface area contributed by atoms with Gasteiger partial charge < -0.3 is 20.3 Å². The zero-order valence-electron chi connectivity index (χ0n) is 18.2. The Morgan fingerprint density at radius 2 is 1.70 bits per heavy atom. The van der Waals surface area contributed by atoms with E-state index in [1.807, 2.05) is 7.05 Å². The minimum atomic E-state index is 0.465. The lowest BCUT2D eigenvalue weighted by Gasteiger charge is -2.40. The maximum Gasteiger partial charge on any atom is 0.191 e. The topological polar surface area (TPSA) is 52.1 Å². The van der Waals surface area contributed by atoms with Crippen molar-refractivity contribution in [3.05, 3.63) is 0 Å². The Balaban J connectivity index is 1.67. The summed E-state index contributed by atoms with van der Waals surface area (Å²) >= 11 is 0. The zero-order valence-corrected chi connectivity index (χ0v) is 18.2. The summed E-state index contributed by atoms with van der Waals surface area (Å²) in [7, 11) is 4.06. The Kier molecular flexibility index (Phi) is 10.5. The average molecular weight is 382 g/mol. The molecule has 2 rings (SSSR count). The highest BCUT2D eigenvalue weighted by Crippen LogP contribution is 2.19. The van der Waals surface area contributed by atoms with Crippen molar-refractivity contribution in [1.82, 2.24) is 20.4 Å². The minimum Gasteiger partial charge on any atom is -0.376 e. The molecule has 1 saturated carbocycles. The van der Waals surface area contributed by atoms with Crippen LogP contribution >= 0.6 is 0 Å². The molecule has 1 aliphatic heterocycles. The lowest BCUT2D eigenvalue weighted by Crippen LogP contribution is -2.55. The van der Waals surface area contributed by atoms with Gasteiger partial charge in [-0.3, -0.25) is 9.89 Å². The predicted molar refractivity (Wildman–Crippen MR) is 115 cm³/mol. The second kappa shape index (κ2) is 12.6. The third kappa shape index (κ3) is 8.36. The highest BCUT2D eigenvalue weighted by atomic mass is 16.5. The van der Waals surface area contributed by atoms with Crippen molar-refractivity contribution >= 4 is 5.96 Å². The first-order valence-electron chi connectivity index (χ1n) is 11.1. The van der Waals surface area contributed by atoms with Crippen LogP contribution in [0.15, 0.2) is 4.99 Å². The van der Waals surface area contributed by atoms with E-state index in [1.165, 1.54) is 38.5 Å². The van der Waals surface area contributed by atoms with Crippen molar-refractivity contribution in [2.75, 3.05) is 60.0 Å². The molecule has 1 heterocycles. The van der Waals surface area contributed by atoms with Gasteiger partial charge in [0.15, 0.2) is 5.96 Å². The van der Waals surface area contributed by atoms with Crippen LogP contribution in [0.1, 0.15) is 52.4 Å². The summed E-state index contributed by atoms with van der Waals surface area (Å²) in [6.45, 7) is 11.8. The maximum absolute atomic E-state index is 6.07. The smallest absolute Gasteiger partial charge is 0.191 e. The van der Waals surface area contributed by atoms with Crippen LogP contribution in [0.3, 0.4) is 0 Å². The Morgan fingerprint density at radius 3 is 2.30 bits per heavy atom. The first kappa shape index (κ1) is 22.4. The molecule has 27 heavy (non-hydrogen) atoms. The minimum absolute atomic E-state index is 0.465. The van der Waals surface area contributed by atoms with Crippen LogP contribution in [0.25, 0.3) is 0 Å². The van der Waals surface area contributed by atoms with Crippen molar-refractivity contribution in [3.8, 4) is 0 Å². The molecular weight excluding hydrogens is 338 g/mol. The molecule has 2 N–H and O–H groups in total. The molecule has 0 aromatic carbocycles. The molecular formula is C21H43N5O. The fourth-order valence-electron chi connectivity index (χ4n) is 4.17. The van der Waals surface area contributed by atoms with Crippen molar-refractivity contribution in [2.24, 2.45) is 10.9 Å². The summed E-state index contributed by atoms with van der Waals surface area (Å²) in [5.41, 5.74) is 0. The molecule has 0 radical (unpaired) electrons. The molecule has 0 aromatic rings. The van der Waals surface area contributed by atoms with Crippen molar-refractivity contribution in [3.63, 3.8) is 0 Å². The third-order valence-corrected chi connectivity index (χ3v) is 6.03. The number of ether oxygens (including phenoxy) is 1. The molecule has 1 atom stereocenters. The van der Waals surface area contributed by atoms with Crippen LogP contribution in [0.4, 0.5) is 0 Å². The zero-order chi connectivity index (χ0) is 19.5. The Morgan fingerprint density at radius 1 is 1.04 bits per heavy atom. The third-order valence-electron chi connectivity index (χ3n) is 6.03. The average Bonchev–Trinajstić information content (AvgIpc) is 2.93. The molecule has 158 valence electrons. The number of piperazine rings is 1. The van der Waals surface area contributed by atoms with Crippen molar-refractivity contribution in [1.29, 1.82) is 0 Å². The molecule has 1 unspecified atom stereocenters. The van der Waals surface area contributed by atoms with Gasteiger partial charge >= 0.3 is 0 Å². The van der Waals surface area contributed by atoms with Gasteiger partial charge in [-0.05, 0) is 25.8 Å². The monoisotopic (exact) mass is 381 g/mol. The Bertz CT molecular complexity index is 413. The van der Waals surface area contributed by atoms with Crippen LogP contribution in [-0.4, -0.2) is 87.9 Å². The Labute approximate surface area is 167 Å². The molecule has 2 fully saturated rings. The number of nitrogens with one attached hydrogen (secondary N) is 2. The van der Waals surface area contributed by atoms with Gasteiger partial charge in [-0.1, -0.05) is 39.5 Å². The summed E-state index contributed by atoms with van der Waals surface area (Å²) in [6, 6.07) is 0.541. The second-order valence-electron chi connectivity index (χ2n) is 8.51. The molecule has 6 heteroatoms. The molecule has 0 spiro atoms. The standard InChI is InChI=1S/C21H43N5O/c1-18(2)20(26-14-12-25(4)13-15-26)17-24-21(22-3)23-11-16-27-19-9-7-5-6-8-10-19/h18-20H,5-17H2,1-4H3,(H2,22,23,24). The van der Waals surface area contributed by atoms with E-state index in [9.17, 15) is 0 Å². The first-order valence-corrected chi connectivity index (χ1v) is 11.1. The van der Waals surface area contributed by atoms with E-state index in [4.69, 9.17) is 4.74 Å². The van der Waals surface area contributed by atoms with Gasteiger partial charge in [-0.25, -0.2) is 0 Å². The van der Waals surface area contributed by atoms with Gasteiger partial charge in [0, 0.05) is 52.4 Å². The largest absolute Gasteiger partial charge is 0.376 e. The summed E-state index contributed by atoms with van der Waals surface area (Å²) in [4.78, 5) is 9.43. The van der Waals surface area contributed by atoms with E-state index < -0.39 is 0 Å². The summed E-state index contributed by atoms with van der Waals surface area (Å²) < 4.78 is 6.07. The number of guanidine groups is 1. The number of rotatable bonds is 8. The molecule has 1 saturated heterocycles. The van der Waals surface area contributed by atoms with E-state index in [2.05, 4.69) is 46.3 Å². The molecule has 0 amide bonds. The number of aliphatic imine (C=N–C) groups is 1. The van der Waals surface area contributed by atoms with Crippen LogP contribution in [0.2, 0.25) is 0 Å². The molecule has 1 aliphatic carbocycles. The molecule has 0 bridgehead atoms. The van der Waals surface area contributed by atoms with Gasteiger partial charge in [-0.15, -0.1) is 0 Å². The normalized spacial score (nSPS) is 22.6. The number of nitrogens with zero attached hydrogens (tertiary/aromatic N) is 3. The highest BCUT2D eigenvalue weighted by Gasteiger charge is 2.25. The van der Waals surface area contributed by atoms with E-state index in [0.717, 1.165) is 51.8 Å². The van der Waals surface area contributed by atoms with E-state index in [1.54, 1.807) is 0 Å². The Hall–Kier alpha value is -0.850. The van der Waals surface area contributed by atoms with E-state index in [0.29, 0.717) is 18.1 Å². The van der Waals surface area contributed by atoms with Crippen LogP contribution in [0, 0.1) is 5.92 Å². The number of hydrogen-bond donors (Lipinski definition) is 2. The van der Waals surface area contributed by atoms with Crippen molar-refractivity contribution < 1.29 is 4.74 Å². The molecule has 2 aliphatic rings. The quantitative estimate of drug-likeness (QED) is 0.292. The highest BCUT2D eigenvalue weighted by molar-refractivity contribution is 5.79. The van der Waals surface area contributed by atoms with Crippen LogP contribution in [-0.2, 0) is 4.74 Å². The van der Waals surface area contributed by atoms with E-state index in [-0.39, 0.29) is 0 Å². The predicted octanol–water partition coefficient (Wildman–Crippen LogP) is 2.16. The van der Waals surface area contributed by atoms with Gasteiger partial charge in [0.05, 0.1) is 12.7 Å². The lowest BCUT2D eigenvalue weighted by molar-refractivity contribution is 0.0467. The fraction of sp³-hybridized carbons (Fsp3) is 0.952. The summed E-state index contributed by atoms with van der Waals surface area (Å²) in [6.07, 6.45) is 8.32. The maximum atomic E-state index is 6.07. The van der Waals surface area contributed by atoms with Crippen LogP contribution < -0.4 is 10.6 Å². The van der Waals surface area contributed by atoms with E-state index >= 15 is 0 Å². The second-order valence-corrected chi connectivity index (χ2v) is 8.51. The number of likely N-dealkylation sites (N-methyl/N-ethyl adjacent to an activating group) is 1. The lowest BCUT2D eigenvalue weighted by atomic mass is 10.0.